The van der Waals surface area contributed by atoms with Crippen molar-refractivity contribution >= 4 is 28.4 Å². The van der Waals surface area contributed by atoms with E-state index in [2.05, 4.69) is 10.3 Å². The van der Waals surface area contributed by atoms with Gasteiger partial charge in [-0.2, -0.15) is 0 Å². The second-order valence-corrected chi connectivity index (χ2v) is 4.89. The number of aromatic amines is 1. The quantitative estimate of drug-likeness (QED) is 0.890. The first-order chi connectivity index (χ1) is 8.58. The van der Waals surface area contributed by atoms with Crippen LogP contribution in [-0.2, 0) is 0 Å². The molecule has 2 N–H and O–H groups in total. The molecule has 96 valence electrons. The van der Waals surface area contributed by atoms with Gasteiger partial charge in [-0.3, -0.25) is 4.79 Å². The number of aromatic nitrogens is 1. The van der Waals surface area contributed by atoms with Crippen molar-refractivity contribution in [2.24, 2.45) is 0 Å². The number of H-pyrrole nitrogens is 1. The van der Waals surface area contributed by atoms with Gasteiger partial charge in [0.1, 0.15) is 0 Å². The van der Waals surface area contributed by atoms with E-state index in [1.54, 1.807) is 18.3 Å². The van der Waals surface area contributed by atoms with Crippen LogP contribution in [0, 0.1) is 0 Å². The zero-order chi connectivity index (χ0) is 13.1. The van der Waals surface area contributed by atoms with E-state index in [1.807, 2.05) is 25.1 Å². The van der Waals surface area contributed by atoms with Gasteiger partial charge in [0.2, 0.25) is 0 Å². The van der Waals surface area contributed by atoms with Crippen LogP contribution in [0.2, 0.25) is 5.02 Å². The Hall–Kier alpha value is -1.52. The van der Waals surface area contributed by atoms with E-state index in [1.165, 1.54) is 0 Å². The number of benzene rings is 1. The topological polar surface area (TPSA) is 48.1 Å². The summed E-state index contributed by atoms with van der Waals surface area (Å²) >= 11 is 5.95. The molecule has 0 bridgehead atoms. The van der Waals surface area contributed by atoms with E-state index in [0.717, 1.165) is 17.4 Å². The lowest BCUT2D eigenvalue weighted by molar-refractivity contribution is 0.0953. The number of carbonyl (C=O) groups excluding carboxylic acids is 1. The molecular formula is C13H16ClN3O. The Morgan fingerprint density at radius 3 is 2.94 bits per heavy atom. The molecule has 0 radical (unpaired) electrons. The van der Waals surface area contributed by atoms with Crippen molar-refractivity contribution < 1.29 is 4.79 Å². The zero-order valence-electron chi connectivity index (χ0n) is 10.5. The molecule has 1 aromatic carbocycles. The summed E-state index contributed by atoms with van der Waals surface area (Å²) in [5.74, 6) is -0.0784. The van der Waals surface area contributed by atoms with Crippen molar-refractivity contribution in [3.05, 3.63) is 35.0 Å². The molecule has 4 nitrogen and oxygen atoms in total. The first-order valence-electron chi connectivity index (χ1n) is 5.77. The molecule has 1 heterocycles. The number of nitrogens with zero attached hydrogens (tertiary/aromatic N) is 1. The van der Waals surface area contributed by atoms with Crippen molar-refractivity contribution in [3.8, 4) is 0 Å². The molecular weight excluding hydrogens is 250 g/mol. The summed E-state index contributed by atoms with van der Waals surface area (Å²) in [6.45, 7) is 1.44. The molecule has 0 fully saturated rings. The van der Waals surface area contributed by atoms with E-state index >= 15 is 0 Å². The zero-order valence-corrected chi connectivity index (χ0v) is 11.2. The SMILES string of the molecule is CN(C)CCNC(=O)c1c[nH]c2ccc(Cl)cc12. The second kappa shape index (κ2) is 5.42. The van der Waals surface area contributed by atoms with E-state index < -0.39 is 0 Å². The summed E-state index contributed by atoms with van der Waals surface area (Å²) in [5.41, 5.74) is 1.54. The fourth-order valence-electron chi connectivity index (χ4n) is 1.77. The standard InChI is InChI=1S/C13H16ClN3O/c1-17(2)6-5-15-13(18)11-8-16-12-4-3-9(14)7-10(11)12/h3-4,7-8,16H,5-6H2,1-2H3,(H,15,18). The van der Waals surface area contributed by atoms with Gasteiger partial charge in [0.05, 0.1) is 5.56 Å². The van der Waals surface area contributed by atoms with Crippen molar-refractivity contribution in [1.29, 1.82) is 0 Å². The molecule has 0 saturated heterocycles. The van der Waals surface area contributed by atoms with Crippen LogP contribution in [0.25, 0.3) is 10.9 Å². The molecule has 0 aliphatic carbocycles. The third kappa shape index (κ3) is 2.83. The van der Waals surface area contributed by atoms with Gasteiger partial charge in [-0.15, -0.1) is 0 Å². The summed E-state index contributed by atoms with van der Waals surface area (Å²) < 4.78 is 0. The highest BCUT2D eigenvalue weighted by molar-refractivity contribution is 6.31. The molecule has 0 aliphatic rings. The minimum Gasteiger partial charge on any atom is -0.360 e. The summed E-state index contributed by atoms with van der Waals surface area (Å²) in [4.78, 5) is 17.1. The van der Waals surface area contributed by atoms with Crippen LogP contribution < -0.4 is 5.32 Å². The summed E-state index contributed by atoms with van der Waals surface area (Å²) in [6.07, 6.45) is 1.71. The number of hydrogen-bond donors (Lipinski definition) is 2. The minimum atomic E-state index is -0.0784. The Morgan fingerprint density at radius 1 is 1.44 bits per heavy atom. The van der Waals surface area contributed by atoms with Crippen molar-refractivity contribution in [3.63, 3.8) is 0 Å². The van der Waals surface area contributed by atoms with Crippen LogP contribution in [-0.4, -0.2) is 43.0 Å². The number of rotatable bonds is 4. The molecule has 0 saturated carbocycles. The van der Waals surface area contributed by atoms with Gasteiger partial charge in [-0.1, -0.05) is 11.6 Å². The maximum Gasteiger partial charge on any atom is 0.253 e. The third-order valence-electron chi connectivity index (χ3n) is 2.73. The fourth-order valence-corrected chi connectivity index (χ4v) is 1.94. The average Bonchev–Trinajstić information content (AvgIpc) is 2.71. The van der Waals surface area contributed by atoms with Crippen LogP contribution in [0.15, 0.2) is 24.4 Å². The van der Waals surface area contributed by atoms with Crippen LogP contribution in [0.3, 0.4) is 0 Å². The first-order valence-corrected chi connectivity index (χ1v) is 6.15. The van der Waals surface area contributed by atoms with Gasteiger partial charge in [0.15, 0.2) is 0 Å². The molecule has 0 spiro atoms. The molecule has 18 heavy (non-hydrogen) atoms. The maximum atomic E-state index is 12.0. The van der Waals surface area contributed by atoms with Gasteiger partial charge in [0, 0.05) is 35.2 Å². The van der Waals surface area contributed by atoms with E-state index in [-0.39, 0.29) is 5.91 Å². The molecule has 0 aliphatic heterocycles. The van der Waals surface area contributed by atoms with Gasteiger partial charge in [-0.25, -0.2) is 0 Å². The normalized spacial score (nSPS) is 11.1. The van der Waals surface area contributed by atoms with Crippen LogP contribution in [0.5, 0.6) is 0 Å². The van der Waals surface area contributed by atoms with Crippen molar-refractivity contribution in [2.75, 3.05) is 27.2 Å². The van der Waals surface area contributed by atoms with Crippen molar-refractivity contribution in [2.45, 2.75) is 0 Å². The molecule has 2 rings (SSSR count). The van der Waals surface area contributed by atoms with E-state index in [4.69, 9.17) is 11.6 Å². The number of hydrogen-bond acceptors (Lipinski definition) is 2. The largest absolute Gasteiger partial charge is 0.360 e. The molecule has 0 unspecified atom stereocenters. The van der Waals surface area contributed by atoms with Crippen molar-refractivity contribution in [1.82, 2.24) is 15.2 Å². The van der Waals surface area contributed by atoms with E-state index in [0.29, 0.717) is 17.1 Å². The Labute approximate surface area is 111 Å². The molecule has 5 heteroatoms. The number of carbonyl (C=O) groups is 1. The number of nitrogens with one attached hydrogen (secondary N) is 2. The fraction of sp³-hybridized carbons (Fsp3) is 0.308. The molecule has 2 aromatic rings. The number of halogens is 1. The van der Waals surface area contributed by atoms with Crippen LogP contribution in [0.4, 0.5) is 0 Å². The summed E-state index contributed by atoms with van der Waals surface area (Å²) in [5, 5.41) is 4.37. The highest BCUT2D eigenvalue weighted by Crippen LogP contribution is 2.22. The Bertz CT molecular complexity index is 562. The third-order valence-corrected chi connectivity index (χ3v) is 2.97. The number of likely N-dealkylation sites (N-methyl/N-ethyl adjacent to an activating group) is 1. The second-order valence-electron chi connectivity index (χ2n) is 4.45. The lowest BCUT2D eigenvalue weighted by Gasteiger charge is -2.09. The molecule has 0 atom stereocenters. The average molecular weight is 266 g/mol. The minimum absolute atomic E-state index is 0.0784. The van der Waals surface area contributed by atoms with Crippen LogP contribution >= 0.6 is 11.6 Å². The summed E-state index contributed by atoms with van der Waals surface area (Å²) in [6, 6.07) is 5.47. The van der Waals surface area contributed by atoms with Gasteiger partial charge in [-0.05, 0) is 32.3 Å². The predicted molar refractivity (Wildman–Crippen MR) is 74.2 cm³/mol. The maximum absolute atomic E-state index is 12.0. The predicted octanol–water partition coefficient (Wildman–Crippen LogP) is 2.11. The highest BCUT2D eigenvalue weighted by atomic mass is 35.5. The van der Waals surface area contributed by atoms with Crippen LogP contribution in [0.1, 0.15) is 10.4 Å². The van der Waals surface area contributed by atoms with E-state index in [9.17, 15) is 4.79 Å². The Balaban J connectivity index is 2.15. The first kappa shape index (κ1) is 12.9. The van der Waals surface area contributed by atoms with Gasteiger partial charge in [0.25, 0.3) is 5.91 Å². The monoisotopic (exact) mass is 265 g/mol. The number of amides is 1. The lowest BCUT2D eigenvalue weighted by atomic mass is 10.1. The Morgan fingerprint density at radius 2 is 2.22 bits per heavy atom. The van der Waals surface area contributed by atoms with Gasteiger partial charge >= 0.3 is 0 Å². The molecule has 1 amide bonds. The lowest BCUT2D eigenvalue weighted by Crippen LogP contribution is -2.31. The Kier molecular flexibility index (Phi) is 3.89. The smallest absolute Gasteiger partial charge is 0.253 e. The molecule has 1 aromatic heterocycles. The highest BCUT2D eigenvalue weighted by Gasteiger charge is 2.11. The summed E-state index contributed by atoms with van der Waals surface area (Å²) in [7, 11) is 3.94. The van der Waals surface area contributed by atoms with Gasteiger partial charge < -0.3 is 15.2 Å². The number of fused-ring (bicyclic) bond motifs is 1.